The van der Waals surface area contributed by atoms with Gasteiger partial charge in [0.1, 0.15) is 0 Å². The minimum absolute atomic E-state index is 0.144. The molecule has 3 heteroatoms. The number of hydrogen-bond acceptors (Lipinski definition) is 3. The topological polar surface area (TPSA) is 40.9 Å². The van der Waals surface area contributed by atoms with Crippen LogP contribution in [0.2, 0.25) is 0 Å². The molecule has 2 nitrogen and oxygen atoms in total. The standard InChI is InChI=1S/C13H13NOS/c1-11(15)16-9-5-4-7-12-6-2-3-8-13(12)10-14/h2-4,6-8H,5,9H2,1H3. The molecule has 0 spiro atoms. The van der Waals surface area contributed by atoms with Crippen molar-refractivity contribution in [3.05, 3.63) is 41.5 Å². The minimum Gasteiger partial charge on any atom is -0.288 e. The molecule has 0 saturated heterocycles. The maximum absolute atomic E-state index is 10.7. The summed E-state index contributed by atoms with van der Waals surface area (Å²) < 4.78 is 0. The van der Waals surface area contributed by atoms with Crippen LogP contribution in [0.3, 0.4) is 0 Å². The van der Waals surface area contributed by atoms with Crippen molar-refractivity contribution in [3.63, 3.8) is 0 Å². The number of nitrogens with zero attached hydrogens (tertiary/aromatic N) is 1. The van der Waals surface area contributed by atoms with Crippen molar-refractivity contribution in [2.45, 2.75) is 13.3 Å². The van der Waals surface area contributed by atoms with Gasteiger partial charge in [-0.05, 0) is 18.1 Å². The third kappa shape index (κ3) is 4.33. The zero-order valence-electron chi connectivity index (χ0n) is 9.14. The lowest BCUT2D eigenvalue weighted by Crippen LogP contribution is -1.84. The summed E-state index contributed by atoms with van der Waals surface area (Å²) in [5.74, 6) is 0.792. The van der Waals surface area contributed by atoms with Gasteiger partial charge in [-0.3, -0.25) is 4.79 Å². The molecule has 0 aliphatic rings. The van der Waals surface area contributed by atoms with Gasteiger partial charge >= 0.3 is 0 Å². The second kappa shape index (κ2) is 6.86. The van der Waals surface area contributed by atoms with E-state index in [1.54, 1.807) is 13.0 Å². The first-order valence-electron chi connectivity index (χ1n) is 5.03. The zero-order chi connectivity index (χ0) is 11.8. The Hall–Kier alpha value is -1.53. The fourth-order valence-electron chi connectivity index (χ4n) is 1.23. The second-order valence-electron chi connectivity index (χ2n) is 3.23. The molecule has 0 radical (unpaired) electrons. The van der Waals surface area contributed by atoms with Gasteiger partial charge in [-0.25, -0.2) is 0 Å². The van der Waals surface area contributed by atoms with E-state index in [0.717, 1.165) is 17.7 Å². The van der Waals surface area contributed by atoms with E-state index in [4.69, 9.17) is 5.26 Å². The number of carbonyl (C=O) groups excluding carboxylic acids is 1. The molecule has 1 rings (SSSR count). The van der Waals surface area contributed by atoms with Crippen LogP contribution < -0.4 is 0 Å². The molecule has 0 aromatic heterocycles. The van der Waals surface area contributed by atoms with Crippen LogP contribution in [0.4, 0.5) is 0 Å². The van der Waals surface area contributed by atoms with Gasteiger partial charge in [-0.1, -0.05) is 42.1 Å². The van der Waals surface area contributed by atoms with Crippen LogP contribution in [0.1, 0.15) is 24.5 Å². The summed E-state index contributed by atoms with van der Waals surface area (Å²) in [6.07, 6.45) is 4.76. The first kappa shape index (κ1) is 12.5. The summed E-state index contributed by atoms with van der Waals surface area (Å²) in [6, 6.07) is 9.61. The first-order chi connectivity index (χ1) is 7.74. The highest BCUT2D eigenvalue weighted by atomic mass is 32.2. The van der Waals surface area contributed by atoms with E-state index in [-0.39, 0.29) is 5.12 Å². The van der Waals surface area contributed by atoms with Crippen LogP contribution in [-0.4, -0.2) is 10.9 Å². The van der Waals surface area contributed by atoms with Gasteiger partial charge in [0.05, 0.1) is 11.6 Å². The lowest BCUT2D eigenvalue weighted by Gasteiger charge is -1.96. The summed E-state index contributed by atoms with van der Waals surface area (Å²) in [5.41, 5.74) is 1.61. The maximum Gasteiger partial charge on any atom is 0.185 e. The Morgan fingerprint density at radius 2 is 2.25 bits per heavy atom. The lowest BCUT2D eigenvalue weighted by atomic mass is 10.1. The molecule has 0 aliphatic carbocycles. The highest BCUT2D eigenvalue weighted by molar-refractivity contribution is 8.13. The van der Waals surface area contributed by atoms with Crippen LogP contribution >= 0.6 is 11.8 Å². The van der Waals surface area contributed by atoms with Gasteiger partial charge in [0.25, 0.3) is 0 Å². The summed E-state index contributed by atoms with van der Waals surface area (Å²) in [7, 11) is 0. The van der Waals surface area contributed by atoms with Crippen molar-refractivity contribution in [1.29, 1.82) is 5.26 Å². The largest absolute Gasteiger partial charge is 0.288 e. The van der Waals surface area contributed by atoms with Crippen molar-refractivity contribution in [1.82, 2.24) is 0 Å². The Morgan fingerprint density at radius 3 is 2.94 bits per heavy atom. The molecule has 16 heavy (non-hydrogen) atoms. The normalized spacial score (nSPS) is 10.2. The highest BCUT2D eigenvalue weighted by Crippen LogP contribution is 2.10. The summed E-state index contributed by atoms with van der Waals surface area (Å²) in [4.78, 5) is 10.7. The Balaban J connectivity index is 2.50. The molecule has 0 saturated carbocycles. The molecule has 82 valence electrons. The van der Waals surface area contributed by atoms with Crippen LogP contribution in [0.15, 0.2) is 30.3 Å². The van der Waals surface area contributed by atoms with Crippen LogP contribution in [0.25, 0.3) is 6.08 Å². The lowest BCUT2D eigenvalue weighted by molar-refractivity contribution is -0.109. The van der Waals surface area contributed by atoms with Crippen molar-refractivity contribution in [3.8, 4) is 6.07 Å². The number of benzene rings is 1. The van der Waals surface area contributed by atoms with E-state index in [2.05, 4.69) is 6.07 Å². The molecule has 0 aliphatic heterocycles. The van der Waals surface area contributed by atoms with Crippen LogP contribution in [0.5, 0.6) is 0 Å². The molecule has 0 fully saturated rings. The minimum atomic E-state index is 0.144. The molecular formula is C13H13NOS. The van der Waals surface area contributed by atoms with Gasteiger partial charge in [-0.15, -0.1) is 0 Å². The Labute approximate surface area is 100.0 Å². The monoisotopic (exact) mass is 231 g/mol. The van der Waals surface area contributed by atoms with Crippen LogP contribution in [-0.2, 0) is 4.79 Å². The van der Waals surface area contributed by atoms with Gasteiger partial charge in [-0.2, -0.15) is 5.26 Å². The predicted molar refractivity (Wildman–Crippen MR) is 67.9 cm³/mol. The van der Waals surface area contributed by atoms with Gasteiger partial charge < -0.3 is 0 Å². The van der Waals surface area contributed by atoms with E-state index >= 15 is 0 Å². The summed E-state index contributed by atoms with van der Waals surface area (Å²) in [6.45, 7) is 1.57. The third-order valence-electron chi connectivity index (χ3n) is 1.97. The first-order valence-corrected chi connectivity index (χ1v) is 6.01. The van der Waals surface area contributed by atoms with Gasteiger partial charge in [0.15, 0.2) is 5.12 Å². The Kier molecular flexibility index (Phi) is 5.38. The molecule has 0 N–H and O–H groups in total. The van der Waals surface area contributed by atoms with Gasteiger partial charge in [0.2, 0.25) is 0 Å². The summed E-state index contributed by atoms with van der Waals surface area (Å²) in [5, 5.41) is 9.01. The van der Waals surface area contributed by atoms with Crippen molar-refractivity contribution >= 4 is 23.0 Å². The number of thioether (sulfide) groups is 1. The fourth-order valence-corrected chi connectivity index (χ4v) is 1.77. The molecule has 1 aromatic rings. The van der Waals surface area contributed by atoms with E-state index < -0.39 is 0 Å². The molecular weight excluding hydrogens is 218 g/mol. The van der Waals surface area contributed by atoms with E-state index in [1.165, 1.54) is 11.8 Å². The number of allylic oxidation sites excluding steroid dienone is 1. The smallest absolute Gasteiger partial charge is 0.185 e. The Morgan fingerprint density at radius 1 is 1.50 bits per heavy atom. The molecule has 0 unspecified atom stereocenters. The predicted octanol–water partition coefficient (Wildman–Crippen LogP) is 3.24. The SMILES string of the molecule is CC(=O)SCCC=Cc1ccccc1C#N. The number of hydrogen-bond donors (Lipinski definition) is 0. The number of rotatable bonds is 4. The third-order valence-corrected chi connectivity index (χ3v) is 2.81. The highest BCUT2D eigenvalue weighted by Gasteiger charge is 1.95. The summed E-state index contributed by atoms with van der Waals surface area (Å²) >= 11 is 1.32. The fraction of sp³-hybridized carbons (Fsp3) is 0.231. The Bertz CT molecular complexity index is 432. The van der Waals surface area contributed by atoms with E-state index in [9.17, 15) is 4.79 Å². The molecule has 0 bridgehead atoms. The molecule has 0 heterocycles. The van der Waals surface area contributed by atoms with Crippen LogP contribution in [0, 0.1) is 11.3 Å². The average Bonchev–Trinajstić information content (AvgIpc) is 2.29. The quantitative estimate of drug-likeness (QED) is 0.747. The molecule has 0 atom stereocenters. The van der Waals surface area contributed by atoms with E-state index in [0.29, 0.717) is 5.56 Å². The van der Waals surface area contributed by atoms with Crippen molar-refractivity contribution < 1.29 is 4.79 Å². The van der Waals surface area contributed by atoms with Crippen molar-refractivity contribution in [2.75, 3.05) is 5.75 Å². The average molecular weight is 231 g/mol. The molecule has 1 aromatic carbocycles. The molecule has 0 amide bonds. The zero-order valence-corrected chi connectivity index (χ0v) is 9.96. The second-order valence-corrected chi connectivity index (χ2v) is 4.50. The van der Waals surface area contributed by atoms with E-state index in [1.807, 2.05) is 30.4 Å². The number of nitriles is 1. The maximum atomic E-state index is 10.7. The van der Waals surface area contributed by atoms with Gasteiger partial charge in [0, 0.05) is 12.7 Å². The number of carbonyl (C=O) groups is 1. The van der Waals surface area contributed by atoms with Crippen molar-refractivity contribution in [2.24, 2.45) is 0 Å².